The Balaban J connectivity index is 2.06. The van der Waals surface area contributed by atoms with E-state index in [0.717, 1.165) is 10.1 Å². The van der Waals surface area contributed by atoms with Crippen molar-refractivity contribution < 1.29 is 14.7 Å². The predicted octanol–water partition coefficient (Wildman–Crippen LogP) is 1.80. The molecule has 0 saturated heterocycles. The molecule has 0 fully saturated rings. The number of aliphatic carboxylic acids is 1. The Morgan fingerprint density at radius 3 is 2.45 bits per heavy atom. The normalized spacial score (nSPS) is 12.9. The van der Waals surface area contributed by atoms with Gasteiger partial charge in [-0.2, -0.15) is 11.8 Å². The highest BCUT2D eigenvalue weighted by Crippen LogP contribution is 2.14. The number of benzene rings is 2. The van der Waals surface area contributed by atoms with Gasteiger partial charge in [-0.25, -0.2) is 14.2 Å². The molecule has 2 atom stereocenters. The van der Waals surface area contributed by atoms with Gasteiger partial charge in [0.25, 0.3) is 5.56 Å². The Morgan fingerprint density at radius 2 is 1.77 bits per heavy atom. The number of thioether (sulfide) groups is 1. The fourth-order valence-electron chi connectivity index (χ4n) is 3.36. The first-order chi connectivity index (χ1) is 14.9. The fraction of sp³-hybridized carbons (Fsp3) is 0.273. The van der Waals surface area contributed by atoms with Crippen LogP contribution in [-0.2, 0) is 16.0 Å². The maximum Gasteiger partial charge on any atom is 0.329 e. The van der Waals surface area contributed by atoms with Crippen LogP contribution < -0.4 is 16.6 Å². The number of nitrogens with one attached hydrogen (secondary N) is 2. The Morgan fingerprint density at radius 1 is 1.10 bits per heavy atom. The van der Waals surface area contributed by atoms with Gasteiger partial charge in [-0.3, -0.25) is 9.59 Å². The third-order valence-electron chi connectivity index (χ3n) is 4.95. The van der Waals surface area contributed by atoms with Gasteiger partial charge in [0.2, 0.25) is 5.91 Å². The number of aromatic amines is 1. The number of aromatic nitrogens is 2. The van der Waals surface area contributed by atoms with Crippen LogP contribution in [0.25, 0.3) is 10.9 Å². The minimum absolute atomic E-state index is 0.0584. The third kappa shape index (κ3) is 5.24. The van der Waals surface area contributed by atoms with Gasteiger partial charge in [0.15, 0.2) is 0 Å². The number of nitrogens with zero attached hydrogens (tertiary/aromatic N) is 1. The van der Waals surface area contributed by atoms with Crippen molar-refractivity contribution in [3.8, 4) is 0 Å². The second kappa shape index (κ2) is 10.1. The number of carbonyl (C=O) groups is 2. The molecule has 0 aliphatic heterocycles. The van der Waals surface area contributed by atoms with Crippen LogP contribution in [0.5, 0.6) is 0 Å². The molecule has 8 nitrogen and oxygen atoms in total. The minimum Gasteiger partial charge on any atom is -0.480 e. The molecule has 3 N–H and O–H groups in total. The van der Waals surface area contributed by atoms with E-state index in [1.807, 2.05) is 12.3 Å². The van der Waals surface area contributed by atoms with Crippen LogP contribution >= 0.6 is 11.8 Å². The summed E-state index contributed by atoms with van der Waals surface area (Å²) in [6.07, 6.45) is 2.12. The molecule has 0 aliphatic rings. The molecular weight excluding hydrogens is 418 g/mol. The summed E-state index contributed by atoms with van der Waals surface area (Å²) in [5.74, 6) is -1.32. The van der Waals surface area contributed by atoms with E-state index in [1.54, 1.807) is 48.5 Å². The SMILES string of the molecule is CSCC[C@H](NC(=O)[C@H](Cc1ccccc1)n1c(=O)[nH]c2ccccc2c1=O)C(=O)O. The highest BCUT2D eigenvalue weighted by molar-refractivity contribution is 7.98. The Labute approximate surface area is 182 Å². The minimum atomic E-state index is -1.21. The molecule has 162 valence electrons. The summed E-state index contributed by atoms with van der Waals surface area (Å²) in [5.41, 5.74) is -0.226. The van der Waals surface area contributed by atoms with Crippen LogP contribution in [0.2, 0.25) is 0 Å². The van der Waals surface area contributed by atoms with Crippen LogP contribution in [0.15, 0.2) is 64.2 Å². The molecule has 31 heavy (non-hydrogen) atoms. The van der Waals surface area contributed by atoms with E-state index in [2.05, 4.69) is 10.3 Å². The molecule has 3 aromatic rings. The molecular formula is C22H23N3O5S. The van der Waals surface area contributed by atoms with Crippen LogP contribution in [0.4, 0.5) is 0 Å². The topological polar surface area (TPSA) is 121 Å². The van der Waals surface area contributed by atoms with Crippen molar-refractivity contribution >= 4 is 34.5 Å². The van der Waals surface area contributed by atoms with E-state index in [9.17, 15) is 24.3 Å². The maximum atomic E-state index is 13.2. The van der Waals surface area contributed by atoms with Crippen molar-refractivity contribution in [2.24, 2.45) is 0 Å². The highest BCUT2D eigenvalue weighted by Gasteiger charge is 2.29. The lowest BCUT2D eigenvalue weighted by atomic mass is 10.0. The number of hydrogen-bond acceptors (Lipinski definition) is 5. The van der Waals surface area contributed by atoms with Gasteiger partial charge in [-0.05, 0) is 36.1 Å². The van der Waals surface area contributed by atoms with Crippen molar-refractivity contribution in [3.63, 3.8) is 0 Å². The van der Waals surface area contributed by atoms with E-state index in [0.29, 0.717) is 11.3 Å². The molecule has 0 radical (unpaired) electrons. The summed E-state index contributed by atoms with van der Waals surface area (Å²) < 4.78 is 0.873. The van der Waals surface area contributed by atoms with Crippen molar-refractivity contribution in [3.05, 3.63) is 81.0 Å². The quantitative estimate of drug-likeness (QED) is 0.466. The Kier molecular flexibility index (Phi) is 7.30. The summed E-state index contributed by atoms with van der Waals surface area (Å²) >= 11 is 1.46. The zero-order chi connectivity index (χ0) is 22.4. The van der Waals surface area contributed by atoms with Crippen LogP contribution in [0, 0.1) is 0 Å². The van der Waals surface area contributed by atoms with E-state index >= 15 is 0 Å². The monoisotopic (exact) mass is 441 g/mol. The molecule has 1 aromatic heterocycles. The van der Waals surface area contributed by atoms with Crippen molar-refractivity contribution in [2.45, 2.75) is 24.9 Å². The molecule has 0 unspecified atom stereocenters. The van der Waals surface area contributed by atoms with Crippen molar-refractivity contribution in [1.29, 1.82) is 0 Å². The van der Waals surface area contributed by atoms with Crippen LogP contribution in [-0.4, -0.2) is 44.6 Å². The summed E-state index contributed by atoms with van der Waals surface area (Å²) in [6.45, 7) is 0. The number of para-hydroxylation sites is 1. The van der Waals surface area contributed by atoms with E-state index in [1.165, 1.54) is 11.8 Å². The van der Waals surface area contributed by atoms with Gasteiger partial charge in [0, 0.05) is 6.42 Å². The van der Waals surface area contributed by atoms with Gasteiger partial charge < -0.3 is 15.4 Å². The van der Waals surface area contributed by atoms with Gasteiger partial charge in [-0.15, -0.1) is 0 Å². The molecule has 1 heterocycles. The molecule has 0 saturated carbocycles. The first-order valence-electron chi connectivity index (χ1n) is 9.72. The number of carboxylic acid groups (broad SMARTS) is 1. The van der Waals surface area contributed by atoms with Crippen LogP contribution in [0.3, 0.4) is 0 Å². The van der Waals surface area contributed by atoms with Gasteiger partial charge in [0.1, 0.15) is 12.1 Å². The average Bonchev–Trinajstić information content (AvgIpc) is 2.76. The molecule has 0 spiro atoms. The molecule has 2 aromatic carbocycles. The zero-order valence-corrected chi connectivity index (χ0v) is 17.7. The zero-order valence-electron chi connectivity index (χ0n) is 16.9. The number of carboxylic acids is 1. The lowest BCUT2D eigenvalue weighted by molar-refractivity contribution is -0.142. The summed E-state index contributed by atoms with van der Waals surface area (Å²) in [7, 11) is 0. The smallest absolute Gasteiger partial charge is 0.329 e. The number of H-pyrrole nitrogens is 1. The number of rotatable bonds is 9. The van der Waals surface area contributed by atoms with Crippen LogP contribution in [0.1, 0.15) is 18.0 Å². The molecule has 0 bridgehead atoms. The molecule has 0 aliphatic carbocycles. The van der Waals surface area contributed by atoms with Gasteiger partial charge in [-0.1, -0.05) is 42.5 Å². The van der Waals surface area contributed by atoms with Gasteiger partial charge >= 0.3 is 11.7 Å². The highest BCUT2D eigenvalue weighted by atomic mass is 32.2. The number of fused-ring (bicyclic) bond motifs is 1. The average molecular weight is 442 g/mol. The number of amides is 1. The maximum absolute atomic E-state index is 13.2. The number of carbonyl (C=O) groups excluding carboxylic acids is 1. The summed E-state index contributed by atoms with van der Waals surface area (Å²) in [6, 6.07) is 13.2. The third-order valence-corrected chi connectivity index (χ3v) is 5.59. The van der Waals surface area contributed by atoms with Crippen molar-refractivity contribution in [1.82, 2.24) is 14.9 Å². The lowest BCUT2D eigenvalue weighted by Gasteiger charge is -2.22. The molecule has 9 heteroatoms. The summed E-state index contributed by atoms with van der Waals surface area (Å²) in [5, 5.41) is 12.3. The first kappa shape index (κ1) is 22.4. The standard InChI is InChI=1S/C22H23N3O5S/c1-31-12-11-17(21(28)29)23-19(26)18(13-14-7-3-2-4-8-14)25-20(27)15-9-5-6-10-16(15)24-22(25)30/h2-10,17-18H,11-13H2,1H3,(H,23,26)(H,24,30)(H,28,29)/t17-,18-/m0/s1. The van der Waals surface area contributed by atoms with E-state index in [-0.39, 0.29) is 18.2 Å². The van der Waals surface area contributed by atoms with Crippen molar-refractivity contribution in [2.75, 3.05) is 12.0 Å². The number of hydrogen-bond donors (Lipinski definition) is 3. The first-order valence-corrected chi connectivity index (χ1v) is 11.1. The second-order valence-electron chi connectivity index (χ2n) is 7.04. The molecule has 1 amide bonds. The fourth-order valence-corrected chi connectivity index (χ4v) is 3.83. The Hall–Kier alpha value is -3.33. The molecule has 3 rings (SSSR count). The second-order valence-corrected chi connectivity index (χ2v) is 8.02. The summed E-state index contributed by atoms with van der Waals surface area (Å²) in [4.78, 5) is 53.3. The van der Waals surface area contributed by atoms with E-state index < -0.39 is 35.2 Å². The van der Waals surface area contributed by atoms with Gasteiger partial charge in [0.05, 0.1) is 10.9 Å². The largest absolute Gasteiger partial charge is 0.480 e. The predicted molar refractivity (Wildman–Crippen MR) is 121 cm³/mol. The Bertz CT molecular complexity index is 1190. The van der Waals surface area contributed by atoms with E-state index in [4.69, 9.17) is 0 Å². The lowest BCUT2D eigenvalue weighted by Crippen LogP contribution is -2.49.